The van der Waals surface area contributed by atoms with Gasteiger partial charge >= 0.3 is 5.97 Å². The van der Waals surface area contributed by atoms with Crippen molar-refractivity contribution in [3.8, 4) is 0 Å². The fourth-order valence-corrected chi connectivity index (χ4v) is 3.86. The molecule has 2 N–H and O–H groups in total. The maximum absolute atomic E-state index is 12.5. The molecule has 2 aliphatic rings. The Labute approximate surface area is 157 Å². The largest absolute Gasteiger partial charge is 0.480 e. The number of carbonyl (C=O) groups excluding carboxylic acids is 3. The highest BCUT2D eigenvalue weighted by Gasteiger charge is 2.42. The number of amides is 3. The van der Waals surface area contributed by atoms with Gasteiger partial charge < -0.3 is 10.4 Å². The molecule has 1 heterocycles. The second-order valence-corrected chi connectivity index (χ2v) is 7.23. The number of benzene rings is 1. The van der Waals surface area contributed by atoms with E-state index in [0.717, 1.165) is 17.7 Å². The van der Waals surface area contributed by atoms with Gasteiger partial charge in [-0.2, -0.15) is 0 Å². The van der Waals surface area contributed by atoms with Gasteiger partial charge in [-0.1, -0.05) is 31.4 Å². The number of rotatable bonds is 7. The van der Waals surface area contributed by atoms with Crippen molar-refractivity contribution in [3.05, 3.63) is 35.4 Å². The third kappa shape index (κ3) is 4.18. The number of carbonyl (C=O) groups is 4. The number of carboxylic acid groups (broad SMARTS) is 1. The maximum Gasteiger partial charge on any atom is 0.326 e. The zero-order chi connectivity index (χ0) is 19.4. The van der Waals surface area contributed by atoms with Crippen LogP contribution in [0.3, 0.4) is 0 Å². The molecule has 1 aromatic rings. The Morgan fingerprint density at radius 1 is 1.07 bits per heavy atom. The lowest BCUT2D eigenvalue weighted by molar-refractivity contribution is -0.142. The van der Waals surface area contributed by atoms with Gasteiger partial charge in [0.2, 0.25) is 5.91 Å². The van der Waals surface area contributed by atoms with Crippen molar-refractivity contribution in [2.75, 3.05) is 6.54 Å². The summed E-state index contributed by atoms with van der Waals surface area (Å²) >= 11 is 0. The Morgan fingerprint density at radius 2 is 1.67 bits per heavy atom. The van der Waals surface area contributed by atoms with Gasteiger partial charge in [0.15, 0.2) is 0 Å². The molecule has 0 spiro atoms. The summed E-state index contributed by atoms with van der Waals surface area (Å²) in [5.41, 5.74) is 0.408. The normalized spacial score (nSPS) is 18.3. The number of hydrogen-bond donors (Lipinski definition) is 2. The number of carboxylic acids is 1. The van der Waals surface area contributed by atoms with E-state index in [9.17, 15) is 24.3 Å². The lowest BCUT2D eigenvalue weighted by Crippen LogP contribution is -2.45. The van der Waals surface area contributed by atoms with Crippen LogP contribution in [0.2, 0.25) is 0 Å². The molecule has 144 valence electrons. The van der Waals surface area contributed by atoms with Crippen molar-refractivity contribution in [3.63, 3.8) is 0 Å². The molecule has 1 fully saturated rings. The number of nitrogens with zero attached hydrogens (tertiary/aromatic N) is 1. The first-order valence-corrected chi connectivity index (χ1v) is 9.45. The summed E-state index contributed by atoms with van der Waals surface area (Å²) in [5.74, 6) is -2.29. The predicted octanol–water partition coefficient (Wildman–Crippen LogP) is 2.21. The van der Waals surface area contributed by atoms with Crippen LogP contribution < -0.4 is 5.32 Å². The van der Waals surface area contributed by atoms with Crippen LogP contribution in [0.5, 0.6) is 0 Å². The van der Waals surface area contributed by atoms with Crippen molar-refractivity contribution >= 4 is 23.7 Å². The standard InChI is InChI=1S/C20H24N2O5/c23-17(21-12-13-6-2-1-3-7-13)11-10-16(20(26)27)22-18(24)14-8-4-5-9-15(14)19(22)25/h4-5,8-9,13,16H,1-3,6-7,10-12H2,(H,21,23)(H,26,27). The van der Waals surface area contributed by atoms with Gasteiger partial charge in [-0.05, 0) is 37.3 Å². The highest BCUT2D eigenvalue weighted by atomic mass is 16.4. The van der Waals surface area contributed by atoms with E-state index in [1.165, 1.54) is 31.4 Å². The van der Waals surface area contributed by atoms with E-state index in [1.807, 2.05) is 0 Å². The van der Waals surface area contributed by atoms with Gasteiger partial charge in [0.25, 0.3) is 11.8 Å². The second kappa shape index (κ2) is 8.33. The number of imide groups is 1. The lowest BCUT2D eigenvalue weighted by atomic mass is 9.89. The molecule has 1 saturated carbocycles. The summed E-state index contributed by atoms with van der Waals surface area (Å²) in [7, 11) is 0. The second-order valence-electron chi connectivity index (χ2n) is 7.23. The molecule has 3 amide bonds. The Bertz CT molecular complexity index is 719. The van der Waals surface area contributed by atoms with Crippen LogP contribution in [-0.2, 0) is 9.59 Å². The first-order chi connectivity index (χ1) is 13.0. The Morgan fingerprint density at radius 3 is 2.22 bits per heavy atom. The SMILES string of the molecule is O=C(CCC(C(=O)O)N1C(=O)c2ccccc2C1=O)NCC1CCCCC1. The van der Waals surface area contributed by atoms with E-state index in [0.29, 0.717) is 12.5 Å². The van der Waals surface area contributed by atoms with Gasteiger partial charge in [0.05, 0.1) is 11.1 Å². The van der Waals surface area contributed by atoms with Crippen molar-refractivity contribution < 1.29 is 24.3 Å². The topological polar surface area (TPSA) is 104 Å². The first kappa shape index (κ1) is 19.1. The number of hydrogen-bond acceptors (Lipinski definition) is 4. The fraction of sp³-hybridized carbons (Fsp3) is 0.500. The molecular formula is C20H24N2O5. The van der Waals surface area contributed by atoms with Crippen molar-refractivity contribution in [2.24, 2.45) is 5.92 Å². The smallest absolute Gasteiger partial charge is 0.326 e. The molecule has 1 unspecified atom stereocenters. The molecule has 0 saturated heterocycles. The third-order valence-electron chi connectivity index (χ3n) is 5.38. The average Bonchev–Trinajstić information content (AvgIpc) is 2.92. The van der Waals surface area contributed by atoms with Crippen LogP contribution in [0.1, 0.15) is 65.7 Å². The van der Waals surface area contributed by atoms with Crippen molar-refractivity contribution in [2.45, 2.75) is 51.0 Å². The van der Waals surface area contributed by atoms with Crippen molar-refractivity contribution in [1.29, 1.82) is 0 Å². The molecule has 7 heteroatoms. The van der Waals surface area contributed by atoms with E-state index >= 15 is 0 Å². The van der Waals surface area contributed by atoms with Crippen LogP contribution in [0.4, 0.5) is 0 Å². The van der Waals surface area contributed by atoms with E-state index in [2.05, 4.69) is 5.32 Å². The Hall–Kier alpha value is -2.70. The zero-order valence-electron chi connectivity index (χ0n) is 15.1. The minimum atomic E-state index is -1.35. The van der Waals surface area contributed by atoms with Crippen LogP contribution in [0, 0.1) is 5.92 Å². The summed E-state index contributed by atoms with van der Waals surface area (Å²) in [6.07, 6.45) is 5.67. The van der Waals surface area contributed by atoms with E-state index < -0.39 is 23.8 Å². The molecule has 0 aromatic heterocycles. The van der Waals surface area contributed by atoms with Gasteiger partial charge in [-0.25, -0.2) is 4.79 Å². The molecule has 1 aromatic carbocycles. The Kier molecular flexibility index (Phi) is 5.88. The van der Waals surface area contributed by atoms with Crippen LogP contribution in [-0.4, -0.2) is 46.3 Å². The lowest BCUT2D eigenvalue weighted by Gasteiger charge is -2.23. The van der Waals surface area contributed by atoms with E-state index in [-0.39, 0.29) is 29.9 Å². The number of nitrogens with one attached hydrogen (secondary N) is 1. The first-order valence-electron chi connectivity index (χ1n) is 9.45. The van der Waals surface area contributed by atoms with E-state index in [1.54, 1.807) is 12.1 Å². The van der Waals surface area contributed by atoms with Gasteiger partial charge in [0.1, 0.15) is 6.04 Å². The van der Waals surface area contributed by atoms with Crippen LogP contribution >= 0.6 is 0 Å². The molecule has 3 rings (SSSR count). The maximum atomic E-state index is 12.5. The molecule has 1 aliphatic heterocycles. The van der Waals surface area contributed by atoms with Crippen LogP contribution in [0.15, 0.2) is 24.3 Å². The molecule has 1 aliphatic carbocycles. The highest BCUT2D eigenvalue weighted by Crippen LogP contribution is 2.26. The number of fused-ring (bicyclic) bond motifs is 1. The average molecular weight is 372 g/mol. The molecule has 27 heavy (non-hydrogen) atoms. The van der Waals surface area contributed by atoms with E-state index in [4.69, 9.17) is 0 Å². The molecule has 1 atom stereocenters. The minimum absolute atomic E-state index is 0.0446. The molecular weight excluding hydrogens is 348 g/mol. The predicted molar refractivity (Wildman–Crippen MR) is 97.2 cm³/mol. The highest BCUT2D eigenvalue weighted by molar-refractivity contribution is 6.22. The van der Waals surface area contributed by atoms with Crippen LogP contribution in [0.25, 0.3) is 0 Å². The minimum Gasteiger partial charge on any atom is -0.480 e. The zero-order valence-corrected chi connectivity index (χ0v) is 15.1. The van der Waals surface area contributed by atoms with Gasteiger partial charge in [-0.3, -0.25) is 19.3 Å². The van der Waals surface area contributed by atoms with Crippen molar-refractivity contribution in [1.82, 2.24) is 10.2 Å². The Balaban J connectivity index is 1.58. The number of aliphatic carboxylic acids is 1. The summed E-state index contributed by atoms with van der Waals surface area (Å²) in [6, 6.07) is 4.92. The van der Waals surface area contributed by atoms with Gasteiger partial charge in [-0.15, -0.1) is 0 Å². The summed E-state index contributed by atoms with van der Waals surface area (Å²) in [6.45, 7) is 0.601. The summed E-state index contributed by atoms with van der Waals surface area (Å²) in [5, 5.41) is 12.4. The summed E-state index contributed by atoms with van der Waals surface area (Å²) in [4.78, 5) is 49.5. The monoisotopic (exact) mass is 372 g/mol. The molecule has 0 radical (unpaired) electrons. The molecule has 7 nitrogen and oxygen atoms in total. The third-order valence-corrected chi connectivity index (χ3v) is 5.38. The fourth-order valence-electron chi connectivity index (χ4n) is 3.86. The molecule has 0 bridgehead atoms. The summed E-state index contributed by atoms with van der Waals surface area (Å²) < 4.78 is 0. The van der Waals surface area contributed by atoms with Gasteiger partial charge in [0, 0.05) is 13.0 Å². The quantitative estimate of drug-likeness (QED) is 0.714.